The van der Waals surface area contributed by atoms with E-state index in [0.29, 0.717) is 11.3 Å². The molecular formula is C13H18N2O5. The number of ether oxygens (including phenoxy) is 1. The molecule has 1 aliphatic heterocycles. The predicted molar refractivity (Wildman–Crippen MR) is 71.0 cm³/mol. The minimum atomic E-state index is -1.31. The number of aryl methyl sites for hydroxylation is 1. The normalized spacial score (nSPS) is 29.6. The number of aromatic nitrogens is 2. The Morgan fingerprint density at radius 2 is 2.15 bits per heavy atom. The molecule has 0 saturated carbocycles. The molecule has 1 aliphatic rings. The van der Waals surface area contributed by atoms with Crippen molar-refractivity contribution in [3.8, 4) is 0 Å². The lowest BCUT2D eigenvalue weighted by molar-refractivity contribution is -0.0550. The number of hydrogen-bond donors (Lipinski definition) is 3. The van der Waals surface area contributed by atoms with Gasteiger partial charge in [0, 0.05) is 11.8 Å². The SMILES string of the molecule is C=C(C)c1cn(C2OC(CO)C(O)C2O)c(=O)nc1C. The molecule has 2 rings (SSSR count). The number of rotatable bonds is 3. The monoisotopic (exact) mass is 282 g/mol. The van der Waals surface area contributed by atoms with E-state index in [-0.39, 0.29) is 0 Å². The maximum Gasteiger partial charge on any atom is 0.350 e. The van der Waals surface area contributed by atoms with Crippen molar-refractivity contribution in [2.24, 2.45) is 0 Å². The van der Waals surface area contributed by atoms with Crippen molar-refractivity contribution in [3.63, 3.8) is 0 Å². The van der Waals surface area contributed by atoms with Gasteiger partial charge in [0.25, 0.3) is 0 Å². The van der Waals surface area contributed by atoms with Crippen molar-refractivity contribution < 1.29 is 20.1 Å². The van der Waals surface area contributed by atoms with Gasteiger partial charge in [-0.25, -0.2) is 4.79 Å². The molecule has 0 aliphatic carbocycles. The number of aliphatic hydroxyl groups excluding tert-OH is 3. The Kier molecular flexibility index (Phi) is 4.05. The van der Waals surface area contributed by atoms with E-state index in [0.717, 1.165) is 10.1 Å². The van der Waals surface area contributed by atoms with Gasteiger partial charge in [0.15, 0.2) is 6.23 Å². The lowest BCUT2D eigenvalue weighted by atomic mass is 10.1. The van der Waals surface area contributed by atoms with Crippen LogP contribution in [0.15, 0.2) is 17.6 Å². The first kappa shape index (κ1) is 14.9. The number of allylic oxidation sites excluding steroid dienone is 1. The molecule has 1 fully saturated rings. The highest BCUT2D eigenvalue weighted by Crippen LogP contribution is 2.28. The van der Waals surface area contributed by atoms with Crippen molar-refractivity contribution >= 4 is 5.57 Å². The van der Waals surface area contributed by atoms with Gasteiger partial charge < -0.3 is 20.1 Å². The molecule has 0 bridgehead atoms. The van der Waals surface area contributed by atoms with Gasteiger partial charge >= 0.3 is 5.69 Å². The van der Waals surface area contributed by atoms with Crippen LogP contribution in [0.1, 0.15) is 24.4 Å². The maximum absolute atomic E-state index is 11.9. The quantitative estimate of drug-likeness (QED) is 0.670. The van der Waals surface area contributed by atoms with Crippen LogP contribution in [0.5, 0.6) is 0 Å². The second kappa shape index (κ2) is 5.45. The summed E-state index contributed by atoms with van der Waals surface area (Å²) >= 11 is 0. The van der Waals surface area contributed by atoms with E-state index < -0.39 is 36.8 Å². The highest BCUT2D eigenvalue weighted by molar-refractivity contribution is 5.62. The summed E-state index contributed by atoms with van der Waals surface area (Å²) in [5.74, 6) is 0. The molecule has 7 heteroatoms. The van der Waals surface area contributed by atoms with Gasteiger partial charge in [0.1, 0.15) is 18.3 Å². The Bertz CT molecular complexity index is 583. The van der Waals surface area contributed by atoms with Crippen LogP contribution in [0.2, 0.25) is 0 Å². The fraction of sp³-hybridized carbons (Fsp3) is 0.538. The number of hydrogen-bond acceptors (Lipinski definition) is 6. The smallest absolute Gasteiger partial charge is 0.350 e. The first-order valence-corrected chi connectivity index (χ1v) is 6.25. The maximum atomic E-state index is 11.9. The molecular weight excluding hydrogens is 264 g/mol. The summed E-state index contributed by atoms with van der Waals surface area (Å²) in [6.07, 6.45) is -3.09. The Balaban J connectivity index is 2.46. The van der Waals surface area contributed by atoms with E-state index in [2.05, 4.69) is 11.6 Å². The van der Waals surface area contributed by atoms with E-state index in [1.807, 2.05) is 0 Å². The van der Waals surface area contributed by atoms with Gasteiger partial charge in [-0.05, 0) is 19.4 Å². The molecule has 0 amide bonds. The molecule has 1 aromatic heterocycles. The van der Waals surface area contributed by atoms with E-state index >= 15 is 0 Å². The zero-order valence-electron chi connectivity index (χ0n) is 11.4. The average Bonchev–Trinajstić information content (AvgIpc) is 2.66. The van der Waals surface area contributed by atoms with Crippen LogP contribution in [0.25, 0.3) is 5.57 Å². The molecule has 110 valence electrons. The minimum absolute atomic E-state index is 0.448. The van der Waals surface area contributed by atoms with Crippen molar-refractivity contribution in [1.29, 1.82) is 0 Å². The zero-order valence-corrected chi connectivity index (χ0v) is 11.4. The minimum Gasteiger partial charge on any atom is -0.394 e. The van der Waals surface area contributed by atoms with Gasteiger partial charge in [0.05, 0.1) is 12.3 Å². The van der Waals surface area contributed by atoms with Gasteiger partial charge in [-0.2, -0.15) is 4.98 Å². The number of aliphatic hydroxyl groups is 3. The predicted octanol–water partition coefficient (Wildman–Crippen LogP) is -0.804. The van der Waals surface area contributed by atoms with E-state index in [1.54, 1.807) is 13.8 Å². The summed E-state index contributed by atoms with van der Waals surface area (Å²) < 4.78 is 6.43. The zero-order chi connectivity index (χ0) is 15.0. The Hall–Kier alpha value is -1.54. The van der Waals surface area contributed by atoms with Crippen LogP contribution in [0, 0.1) is 6.92 Å². The fourth-order valence-electron chi connectivity index (χ4n) is 2.26. The molecule has 4 atom stereocenters. The van der Waals surface area contributed by atoms with E-state index in [9.17, 15) is 15.0 Å². The van der Waals surface area contributed by atoms with Gasteiger partial charge in [0.2, 0.25) is 0 Å². The van der Waals surface area contributed by atoms with Crippen LogP contribution in [-0.4, -0.2) is 49.8 Å². The molecule has 20 heavy (non-hydrogen) atoms. The van der Waals surface area contributed by atoms with Crippen LogP contribution in [0.3, 0.4) is 0 Å². The summed E-state index contributed by atoms with van der Waals surface area (Å²) in [6, 6.07) is 0. The van der Waals surface area contributed by atoms with E-state index in [1.165, 1.54) is 6.20 Å². The van der Waals surface area contributed by atoms with Gasteiger partial charge in [-0.15, -0.1) is 0 Å². The van der Waals surface area contributed by atoms with Gasteiger partial charge in [-0.3, -0.25) is 4.57 Å². The summed E-state index contributed by atoms with van der Waals surface area (Å²) in [5.41, 5.74) is 1.32. The van der Waals surface area contributed by atoms with Crippen molar-refractivity contribution in [2.45, 2.75) is 38.4 Å². The van der Waals surface area contributed by atoms with Crippen molar-refractivity contribution in [1.82, 2.24) is 9.55 Å². The summed E-state index contributed by atoms with van der Waals surface area (Å²) in [7, 11) is 0. The lowest BCUT2D eigenvalue weighted by Gasteiger charge is -2.18. The fourth-order valence-corrected chi connectivity index (χ4v) is 2.26. The molecule has 1 aromatic rings. The lowest BCUT2D eigenvalue weighted by Crippen LogP contribution is -2.36. The standard InChI is InChI=1S/C13H18N2O5/c1-6(2)8-4-15(13(19)14-7(8)3)12-11(18)10(17)9(5-16)20-12/h4,9-12,16-18H,1,5H2,2-3H3. The molecule has 2 heterocycles. The summed E-state index contributed by atoms with van der Waals surface area (Å²) in [5, 5.41) is 28.7. The highest BCUT2D eigenvalue weighted by atomic mass is 16.6. The highest BCUT2D eigenvalue weighted by Gasteiger charge is 2.43. The molecule has 1 saturated heterocycles. The molecule has 0 aromatic carbocycles. The second-order valence-corrected chi connectivity index (χ2v) is 4.94. The third kappa shape index (κ3) is 2.40. The molecule has 0 radical (unpaired) electrons. The molecule has 3 N–H and O–H groups in total. The molecule has 7 nitrogen and oxygen atoms in total. The van der Waals surface area contributed by atoms with Crippen LogP contribution in [0.4, 0.5) is 0 Å². The summed E-state index contributed by atoms with van der Waals surface area (Å²) in [4.78, 5) is 15.8. The third-order valence-electron chi connectivity index (χ3n) is 3.39. The van der Waals surface area contributed by atoms with Crippen LogP contribution < -0.4 is 5.69 Å². The van der Waals surface area contributed by atoms with Crippen LogP contribution >= 0.6 is 0 Å². The summed E-state index contributed by atoms with van der Waals surface area (Å²) in [6.45, 7) is 6.81. The van der Waals surface area contributed by atoms with Gasteiger partial charge in [-0.1, -0.05) is 6.58 Å². The molecule has 4 unspecified atom stereocenters. The Labute approximate surface area is 115 Å². The Morgan fingerprint density at radius 3 is 2.65 bits per heavy atom. The third-order valence-corrected chi connectivity index (χ3v) is 3.39. The average molecular weight is 282 g/mol. The topological polar surface area (TPSA) is 105 Å². The number of nitrogens with zero attached hydrogens (tertiary/aromatic N) is 2. The second-order valence-electron chi connectivity index (χ2n) is 4.94. The molecule has 0 spiro atoms. The van der Waals surface area contributed by atoms with Crippen molar-refractivity contribution in [2.75, 3.05) is 6.61 Å². The first-order chi connectivity index (χ1) is 9.36. The van der Waals surface area contributed by atoms with E-state index in [4.69, 9.17) is 9.84 Å². The largest absolute Gasteiger partial charge is 0.394 e. The van der Waals surface area contributed by atoms with Crippen molar-refractivity contribution in [3.05, 3.63) is 34.5 Å². The van der Waals surface area contributed by atoms with Crippen LogP contribution in [-0.2, 0) is 4.74 Å². The Morgan fingerprint density at radius 1 is 1.50 bits per heavy atom. The first-order valence-electron chi connectivity index (χ1n) is 6.25.